The molecule has 0 spiro atoms. The first-order valence-corrected chi connectivity index (χ1v) is 6.18. The Bertz CT molecular complexity index is 274. The standard InChI is InChI=1S/C12H21NO4/c1-2-17-9-7-12(5-3-6-12)11(16)13-8-4-10(14)15/h2-9H2,1H3,(H,13,16)(H,14,15). The molecule has 1 fully saturated rings. The highest BCUT2D eigenvalue weighted by molar-refractivity contribution is 5.83. The molecular weight excluding hydrogens is 222 g/mol. The molecule has 2 N–H and O–H groups in total. The van der Waals surface area contributed by atoms with Gasteiger partial charge in [-0.3, -0.25) is 9.59 Å². The van der Waals surface area contributed by atoms with Crippen molar-refractivity contribution < 1.29 is 19.4 Å². The number of carbonyl (C=O) groups is 2. The average molecular weight is 243 g/mol. The van der Waals surface area contributed by atoms with Gasteiger partial charge in [0.05, 0.1) is 11.8 Å². The van der Waals surface area contributed by atoms with E-state index in [9.17, 15) is 9.59 Å². The normalized spacial score (nSPS) is 17.2. The number of hydrogen-bond donors (Lipinski definition) is 2. The number of ether oxygens (including phenoxy) is 1. The molecule has 0 aliphatic heterocycles. The molecule has 1 rings (SSSR count). The van der Waals surface area contributed by atoms with Gasteiger partial charge in [-0.15, -0.1) is 0 Å². The predicted octanol–water partition coefficient (Wildman–Crippen LogP) is 1.17. The SMILES string of the molecule is CCOCCC1(C(=O)NCCC(=O)O)CCC1. The predicted molar refractivity (Wildman–Crippen MR) is 62.7 cm³/mol. The van der Waals surface area contributed by atoms with Crippen molar-refractivity contribution in [3.8, 4) is 0 Å². The summed E-state index contributed by atoms with van der Waals surface area (Å²) >= 11 is 0. The maximum atomic E-state index is 12.0. The van der Waals surface area contributed by atoms with Crippen LogP contribution >= 0.6 is 0 Å². The van der Waals surface area contributed by atoms with E-state index in [-0.39, 0.29) is 24.3 Å². The lowest BCUT2D eigenvalue weighted by Crippen LogP contribution is -2.46. The monoisotopic (exact) mass is 243 g/mol. The highest BCUT2D eigenvalue weighted by Crippen LogP contribution is 2.44. The molecule has 0 bridgehead atoms. The molecule has 1 amide bonds. The lowest BCUT2D eigenvalue weighted by atomic mass is 9.66. The van der Waals surface area contributed by atoms with Crippen LogP contribution in [0.1, 0.15) is 39.0 Å². The van der Waals surface area contributed by atoms with E-state index in [1.54, 1.807) is 0 Å². The fourth-order valence-corrected chi connectivity index (χ4v) is 2.08. The van der Waals surface area contributed by atoms with Crippen LogP contribution in [0.4, 0.5) is 0 Å². The van der Waals surface area contributed by atoms with Gasteiger partial charge >= 0.3 is 5.97 Å². The molecule has 0 aromatic carbocycles. The zero-order valence-corrected chi connectivity index (χ0v) is 10.3. The van der Waals surface area contributed by atoms with E-state index >= 15 is 0 Å². The number of rotatable bonds is 8. The molecule has 1 aliphatic carbocycles. The van der Waals surface area contributed by atoms with Gasteiger partial charge in [0.25, 0.3) is 0 Å². The minimum absolute atomic E-state index is 0.00953. The van der Waals surface area contributed by atoms with Crippen molar-refractivity contribution in [2.24, 2.45) is 5.41 Å². The fourth-order valence-electron chi connectivity index (χ4n) is 2.08. The smallest absolute Gasteiger partial charge is 0.305 e. The lowest BCUT2D eigenvalue weighted by Gasteiger charge is -2.40. The summed E-state index contributed by atoms with van der Waals surface area (Å²) < 4.78 is 5.28. The summed E-state index contributed by atoms with van der Waals surface area (Å²) in [5, 5.41) is 11.2. The van der Waals surface area contributed by atoms with E-state index in [0.717, 1.165) is 25.7 Å². The zero-order valence-electron chi connectivity index (χ0n) is 10.3. The Morgan fingerprint density at radius 1 is 1.41 bits per heavy atom. The van der Waals surface area contributed by atoms with Crippen molar-refractivity contribution >= 4 is 11.9 Å². The summed E-state index contributed by atoms with van der Waals surface area (Å²) in [5.41, 5.74) is -0.298. The quantitative estimate of drug-likeness (QED) is 0.627. The minimum atomic E-state index is -0.887. The second-order valence-electron chi connectivity index (χ2n) is 4.48. The second-order valence-corrected chi connectivity index (χ2v) is 4.48. The first-order valence-electron chi connectivity index (χ1n) is 6.18. The third-order valence-electron chi connectivity index (χ3n) is 3.35. The number of aliphatic carboxylic acids is 1. The average Bonchev–Trinajstić information content (AvgIpc) is 2.21. The molecule has 0 heterocycles. The summed E-state index contributed by atoms with van der Waals surface area (Å²) in [6.07, 6.45) is 3.56. The van der Waals surface area contributed by atoms with Crippen LogP contribution in [0.2, 0.25) is 0 Å². The molecular formula is C12H21NO4. The topological polar surface area (TPSA) is 75.6 Å². The van der Waals surface area contributed by atoms with Crippen LogP contribution in [-0.4, -0.2) is 36.7 Å². The molecule has 5 nitrogen and oxygen atoms in total. The fraction of sp³-hybridized carbons (Fsp3) is 0.833. The highest BCUT2D eigenvalue weighted by Gasteiger charge is 2.43. The number of carbonyl (C=O) groups excluding carboxylic acids is 1. The van der Waals surface area contributed by atoms with Crippen molar-refractivity contribution in [3.63, 3.8) is 0 Å². The van der Waals surface area contributed by atoms with Crippen molar-refractivity contribution in [1.29, 1.82) is 0 Å². The number of carboxylic acids is 1. The first kappa shape index (κ1) is 14.0. The van der Waals surface area contributed by atoms with Crippen LogP contribution in [0, 0.1) is 5.41 Å². The Morgan fingerprint density at radius 3 is 2.59 bits per heavy atom. The summed E-state index contributed by atoms with van der Waals surface area (Å²) in [4.78, 5) is 22.3. The van der Waals surface area contributed by atoms with Crippen LogP contribution in [0.5, 0.6) is 0 Å². The Balaban J connectivity index is 2.32. The molecule has 5 heteroatoms. The van der Waals surface area contributed by atoms with Gasteiger partial charge in [-0.2, -0.15) is 0 Å². The van der Waals surface area contributed by atoms with Gasteiger partial charge < -0.3 is 15.2 Å². The Hall–Kier alpha value is -1.10. The Morgan fingerprint density at radius 2 is 2.12 bits per heavy atom. The van der Waals surface area contributed by atoms with Crippen LogP contribution in [-0.2, 0) is 14.3 Å². The summed E-state index contributed by atoms with van der Waals surface area (Å²) in [6, 6.07) is 0. The molecule has 1 aliphatic rings. The molecule has 0 aromatic heterocycles. The van der Waals surface area contributed by atoms with E-state index in [1.165, 1.54) is 0 Å². The Labute approximate surface area is 102 Å². The highest BCUT2D eigenvalue weighted by atomic mass is 16.5. The van der Waals surface area contributed by atoms with Crippen LogP contribution in [0.25, 0.3) is 0 Å². The summed E-state index contributed by atoms with van der Waals surface area (Å²) in [7, 11) is 0. The number of carboxylic acid groups (broad SMARTS) is 1. The van der Waals surface area contributed by atoms with Crippen molar-refractivity contribution in [2.75, 3.05) is 19.8 Å². The van der Waals surface area contributed by atoms with Gasteiger partial charge in [0.15, 0.2) is 0 Å². The zero-order chi connectivity index (χ0) is 12.7. The van der Waals surface area contributed by atoms with Gasteiger partial charge in [-0.1, -0.05) is 6.42 Å². The maximum Gasteiger partial charge on any atom is 0.305 e. The second kappa shape index (κ2) is 6.59. The van der Waals surface area contributed by atoms with E-state index in [1.807, 2.05) is 6.92 Å². The maximum absolute atomic E-state index is 12.0. The first-order chi connectivity index (χ1) is 8.10. The van der Waals surface area contributed by atoms with Gasteiger partial charge in [0.2, 0.25) is 5.91 Å². The molecule has 17 heavy (non-hydrogen) atoms. The number of amides is 1. The molecule has 0 aromatic rings. The molecule has 1 saturated carbocycles. The van der Waals surface area contributed by atoms with E-state index in [2.05, 4.69) is 5.32 Å². The Kier molecular flexibility index (Phi) is 5.41. The van der Waals surface area contributed by atoms with Crippen LogP contribution in [0.3, 0.4) is 0 Å². The molecule has 0 unspecified atom stereocenters. The molecule has 0 radical (unpaired) electrons. The molecule has 0 saturated heterocycles. The van der Waals surface area contributed by atoms with Crippen LogP contribution in [0.15, 0.2) is 0 Å². The number of nitrogens with one attached hydrogen (secondary N) is 1. The van der Waals surface area contributed by atoms with Crippen LogP contribution < -0.4 is 5.32 Å². The van der Waals surface area contributed by atoms with Gasteiger partial charge in [-0.25, -0.2) is 0 Å². The van der Waals surface area contributed by atoms with Gasteiger partial charge in [0, 0.05) is 19.8 Å². The lowest BCUT2D eigenvalue weighted by molar-refractivity contribution is -0.139. The van der Waals surface area contributed by atoms with E-state index in [4.69, 9.17) is 9.84 Å². The largest absolute Gasteiger partial charge is 0.481 e. The van der Waals surface area contributed by atoms with E-state index < -0.39 is 5.97 Å². The van der Waals surface area contributed by atoms with Gasteiger partial charge in [0.1, 0.15) is 0 Å². The van der Waals surface area contributed by atoms with Crippen molar-refractivity contribution in [1.82, 2.24) is 5.32 Å². The molecule has 98 valence electrons. The van der Waals surface area contributed by atoms with E-state index in [0.29, 0.717) is 13.2 Å². The summed E-state index contributed by atoms with van der Waals surface area (Å²) in [6.45, 7) is 3.41. The van der Waals surface area contributed by atoms with Crippen molar-refractivity contribution in [2.45, 2.75) is 39.0 Å². The van der Waals surface area contributed by atoms with Gasteiger partial charge in [-0.05, 0) is 26.2 Å². The molecule has 0 atom stereocenters. The number of hydrogen-bond acceptors (Lipinski definition) is 3. The summed E-state index contributed by atoms with van der Waals surface area (Å²) in [5.74, 6) is -0.896. The third kappa shape index (κ3) is 4.00. The third-order valence-corrected chi connectivity index (χ3v) is 3.35. The minimum Gasteiger partial charge on any atom is -0.481 e. The van der Waals surface area contributed by atoms with Crippen molar-refractivity contribution in [3.05, 3.63) is 0 Å².